The molecular formula is C15H17N3O4S. The van der Waals surface area contributed by atoms with Crippen LogP contribution in [0.15, 0.2) is 23.7 Å². The van der Waals surface area contributed by atoms with Gasteiger partial charge in [0.25, 0.3) is 5.91 Å². The van der Waals surface area contributed by atoms with Gasteiger partial charge in [0.15, 0.2) is 10.8 Å². The number of nitrogens with one attached hydrogen (secondary N) is 1. The first kappa shape index (κ1) is 16.9. The zero-order chi connectivity index (χ0) is 16.8. The Morgan fingerprint density at radius 2 is 2.17 bits per heavy atom. The first-order valence-electron chi connectivity index (χ1n) is 7.07. The summed E-state index contributed by atoms with van der Waals surface area (Å²) in [6.07, 6.45) is 1.45. The summed E-state index contributed by atoms with van der Waals surface area (Å²) >= 11 is 1.14. The average Bonchev–Trinajstić information content (AvgIpc) is 2.96. The van der Waals surface area contributed by atoms with Gasteiger partial charge in [-0.05, 0) is 32.9 Å². The molecule has 0 atom stereocenters. The molecule has 122 valence electrons. The summed E-state index contributed by atoms with van der Waals surface area (Å²) in [4.78, 5) is 32.0. The van der Waals surface area contributed by atoms with Gasteiger partial charge in [0, 0.05) is 11.6 Å². The first-order chi connectivity index (χ1) is 11.0. The Balaban J connectivity index is 2.12. The SMILES string of the molecule is CCOC(=O)c1csc(NC(=O)c2cccnc2OC(C)C)n1. The fraction of sp³-hybridized carbons (Fsp3) is 0.333. The summed E-state index contributed by atoms with van der Waals surface area (Å²) in [5.74, 6) is -0.671. The van der Waals surface area contributed by atoms with E-state index >= 15 is 0 Å². The van der Waals surface area contributed by atoms with Gasteiger partial charge in [-0.15, -0.1) is 11.3 Å². The van der Waals surface area contributed by atoms with Crippen molar-refractivity contribution in [1.29, 1.82) is 0 Å². The van der Waals surface area contributed by atoms with E-state index in [1.807, 2.05) is 13.8 Å². The van der Waals surface area contributed by atoms with Gasteiger partial charge in [-0.2, -0.15) is 0 Å². The van der Waals surface area contributed by atoms with Crippen molar-refractivity contribution in [2.24, 2.45) is 0 Å². The highest BCUT2D eigenvalue weighted by atomic mass is 32.1. The molecule has 0 aliphatic rings. The van der Waals surface area contributed by atoms with Gasteiger partial charge in [0.05, 0.1) is 12.7 Å². The second-order valence-corrected chi connectivity index (χ2v) is 5.59. The second kappa shape index (κ2) is 7.68. The van der Waals surface area contributed by atoms with Crippen LogP contribution in [0.3, 0.4) is 0 Å². The lowest BCUT2D eigenvalue weighted by Crippen LogP contribution is -2.16. The highest BCUT2D eigenvalue weighted by Gasteiger charge is 2.17. The minimum atomic E-state index is -0.519. The number of nitrogens with zero attached hydrogens (tertiary/aromatic N) is 2. The number of rotatable bonds is 6. The zero-order valence-corrected chi connectivity index (χ0v) is 13.8. The lowest BCUT2D eigenvalue weighted by molar-refractivity contribution is 0.0520. The van der Waals surface area contributed by atoms with Crippen LogP contribution in [0.25, 0.3) is 0 Å². The fourth-order valence-electron chi connectivity index (χ4n) is 1.68. The van der Waals surface area contributed by atoms with Crippen molar-refractivity contribution >= 4 is 28.3 Å². The van der Waals surface area contributed by atoms with E-state index in [1.54, 1.807) is 25.3 Å². The van der Waals surface area contributed by atoms with Crippen LogP contribution < -0.4 is 10.1 Å². The Labute approximate surface area is 137 Å². The molecule has 0 fully saturated rings. The molecule has 0 aliphatic carbocycles. The molecule has 2 heterocycles. The number of pyridine rings is 1. The van der Waals surface area contributed by atoms with Crippen molar-refractivity contribution in [2.75, 3.05) is 11.9 Å². The summed E-state index contributed by atoms with van der Waals surface area (Å²) in [6.45, 7) is 5.68. The molecule has 1 N–H and O–H groups in total. The van der Waals surface area contributed by atoms with Crippen LogP contribution in [0.5, 0.6) is 5.88 Å². The third-order valence-electron chi connectivity index (χ3n) is 2.57. The van der Waals surface area contributed by atoms with Gasteiger partial charge >= 0.3 is 5.97 Å². The molecule has 2 aromatic rings. The molecule has 0 radical (unpaired) electrons. The maximum atomic E-state index is 12.3. The fourth-order valence-corrected chi connectivity index (χ4v) is 2.35. The molecule has 1 amide bonds. The Bertz CT molecular complexity index is 700. The maximum absolute atomic E-state index is 12.3. The third-order valence-corrected chi connectivity index (χ3v) is 3.33. The zero-order valence-electron chi connectivity index (χ0n) is 13.0. The summed E-state index contributed by atoms with van der Waals surface area (Å²) in [5.41, 5.74) is 0.464. The van der Waals surface area contributed by atoms with Gasteiger partial charge in [-0.25, -0.2) is 14.8 Å². The van der Waals surface area contributed by atoms with Crippen molar-refractivity contribution in [3.8, 4) is 5.88 Å². The van der Waals surface area contributed by atoms with Crippen LogP contribution >= 0.6 is 11.3 Å². The van der Waals surface area contributed by atoms with E-state index in [0.717, 1.165) is 11.3 Å². The molecular weight excluding hydrogens is 318 g/mol. The van der Waals surface area contributed by atoms with Gasteiger partial charge in [-0.3, -0.25) is 10.1 Å². The Morgan fingerprint density at radius 3 is 2.87 bits per heavy atom. The molecule has 2 aromatic heterocycles. The molecule has 2 rings (SSSR count). The number of ether oxygens (including phenoxy) is 2. The van der Waals surface area contributed by atoms with E-state index in [-0.39, 0.29) is 24.3 Å². The molecule has 0 spiro atoms. The smallest absolute Gasteiger partial charge is 0.357 e. The quantitative estimate of drug-likeness (QED) is 0.816. The molecule has 7 nitrogen and oxygen atoms in total. The predicted octanol–water partition coefficient (Wildman–Crippen LogP) is 2.75. The standard InChI is InChI=1S/C15H17N3O4S/c1-4-21-14(20)11-8-23-15(17-11)18-12(19)10-6-5-7-16-13(10)22-9(2)3/h5-9H,4H2,1-3H3,(H,17,18,19). The normalized spacial score (nSPS) is 10.4. The van der Waals surface area contributed by atoms with Crippen LogP contribution in [0.4, 0.5) is 5.13 Å². The number of anilines is 1. The van der Waals surface area contributed by atoms with E-state index in [0.29, 0.717) is 10.7 Å². The number of hydrogen-bond donors (Lipinski definition) is 1. The lowest BCUT2D eigenvalue weighted by atomic mass is 10.2. The molecule has 8 heteroatoms. The summed E-state index contributed by atoms with van der Waals surface area (Å²) in [5, 5.41) is 4.46. The van der Waals surface area contributed by atoms with Crippen molar-refractivity contribution < 1.29 is 19.1 Å². The highest BCUT2D eigenvalue weighted by molar-refractivity contribution is 7.14. The van der Waals surface area contributed by atoms with Gasteiger partial charge in [0.1, 0.15) is 5.56 Å². The molecule has 0 saturated heterocycles. The Kier molecular flexibility index (Phi) is 5.64. The van der Waals surface area contributed by atoms with Crippen LogP contribution in [0, 0.1) is 0 Å². The Hall–Kier alpha value is -2.48. The topological polar surface area (TPSA) is 90.4 Å². The lowest BCUT2D eigenvalue weighted by Gasteiger charge is -2.11. The van der Waals surface area contributed by atoms with Gasteiger partial charge < -0.3 is 9.47 Å². The van der Waals surface area contributed by atoms with E-state index < -0.39 is 11.9 Å². The number of carbonyl (C=O) groups excluding carboxylic acids is 2. The van der Waals surface area contributed by atoms with Crippen LogP contribution in [0.1, 0.15) is 41.6 Å². The minimum absolute atomic E-state index is 0.105. The van der Waals surface area contributed by atoms with E-state index in [9.17, 15) is 9.59 Å². The highest BCUT2D eigenvalue weighted by Crippen LogP contribution is 2.20. The summed E-state index contributed by atoms with van der Waals surface area (Å²) in [7, 11) is 0. The van der Waals surface area contributed by atoms with Crippen molar-refractivity contribution in [1.82, 2.24) is 9.97 Å². The molecule has 0 unspecified atom stereocenters. The maximum Gasteiger partial charge on any atom is 0.357 e. The number of esters is 1. The summed E-state index contributed by atoms with van der Waals surface area (Å²) in [6, 6.07) is 3.26. The van der Waals surface area contributed by atoms with Crippen LogP contribution in [-0.4, -0.2) is 34.6 Å². The molecule has 0 aromatic carbocycles. The van der Waals surface area contributed by atoms with E-state index in [4.69, 9.17) is 9.47 Å². The van der Waals surface area contributed by atoms with Crippen LogP contribution in [0.2, 0.25) is 0 Å². The number of carbonyl (C=O) groups is 2. The molecule has 23 heavy (non-hydrogen) atoms. The predicted molar refractivity (Wildman–Crippen MR) is 86.0 cm³/mol. The van der Waals surface area contributed by atoms with Crippen molar-refractivity contribution in [3.05, 3.63) is 35.0 Å². The second-order valence-electron chi connectivity index (χ2n) is 4.74. The molecule has 0 saturated carbocycles. The third kappa shape index (κ3) is 4.49. The number of thiazole rings is 1. The van der Waals surface area contributed by atoms with E-state index in [2.05, 4.69) is 15.3 Å². The Morgan fingerprint density at radius 1 is 1.39 bits per heavy atom. The molecule has 0 bridgehead atoms. The van der Waals surface area contributed by atoms with Gasteiger partial charge in [0.2, 0.25) is 5.88 Å². The van der Waals surface area contributed by atoms with E-state index in [1.165, 1.54) is 5.38 Å². The number of amides is 1. The average molecular weight is 335 g/mol. The number of aromatic nitrogens is 2. The number of hydrogen-bond acceptors (Lipinski definition) is 7. The van der Waals surface area contributed by atoms with Crippen LogP contribution in [-0.2, 0) is 4.74 Å². The first-order valence-corrected chi connectivity index (χ1v) is 7.95. The summed E-state index contributed by atoms with van der Waals surface area (Å²) < 4.78 is 10.4. The molecule has 0 aliphatic heterocycles. The van der Waals surface area contributed by atoms with Crippen molar-refractivity contribution in [2.45, 2.75) is 26.9 Å². The van der Waals surface area contributed by atoms with Crippen molar-refractivity contribution in [3.63, 3.8) is 0 Å². The van der Waals surface area contributed by atoms with Gasteiger partial charge in [-0.1, -0.05) is 0 Å². The minimum Gasteiger partial charge on any atom is -0.474 e. The largest absolute Gasteiger partial charge is 0.474 e. The monoisotopic (exact) mass is 335 g/mol.